The monoisotopic (exact) mass is 293 g/mol. The minimum absolute atomic E-state index is 0.0694. The van der Waals surface area contributed by atoms with Crippen molar-refractivity contribution in [3.05, 3.63) is 70.5 Å². The van der Waals surface area contributed by atoms with Gasteiger partial charge in [-0.3, -0.25) is 4.79 Å². The topological polar surface area (TPSA) is 20.3 Å². The van der Waals surface area contributed by atoms with E-state index in [1.54, 1.807) is 13.0 Å². The van der Waals surface area contributed by atoms with E-state index in [0.717, 1.165) is 17.7 Å². The van der Waals surface area contributed by atoms with Gasteiger partial charge >= 0.3 is 0 Å². The van der Waals surface area contributed by atoms with Crippen molar-refractivity contribution in [2.24, 2.45) is 0 Å². The normalized spacial score (nSPS) is 10.5. The number of amides is 1. The molecule has 0 aliphatic heterocycles. The molecule has 0 spiro atoms. The van der Waals surface area contributed by atoms with Crippen LogP contribution >= 0.6 is 0 Å². The number of halogens is 3. The highest BCUT2D eigenvalue weighted by Crippen LogP contribution is 2.16. The fourth-order valence-corrected chi connectivity index (χ4v) is 1.99. The lowest BCUT2D eigenvalue weighted by Gasteiger charge is -2.18. The molecule has 2 aromatic rings. The van der Waals surface area contributed by atoms with Crippen LogP contribution in [0, 0.1) is 24.4 Å². The van der Waals surface area contributed by atoms with Crippen LogP contribution in [-0.4, -0.2) is 17.9 Å². The molecule has 5 heteroatoms. The Morgan fingerprint density at radius 3 is 2.43 bits per heavy atom. The summed E-state index contributed by atoms with van der Waals surface area (Å²) in [6, 6.07) is 7.35. The lowest BCUT2D eigenvalue weighted by molar-refractivity contribution is 0.0779. The second-order valence-electron chi connectivity index (χ2n) is 4.88. The summed E-state index contributed by atoms with van der Waals surface area (Å²) < 4.78 is 40.1. The van der Waals surface area contributed by atoms with E-state index in [-0.39, 0.29) is 17.7 Å². The van der Waals surface area contributed by atoms with Crippen molar-refractivity contribution >= 4 is 5.91 Å². The average molecular weight is 293 g/mol. The minimum atomic E-state index is -0.737. The first-order valence-corrected chi connectivity index (χ1v) is 6.34. The van der Waals surface area contributed by atoms with Crippen LogP contribution in [0.15, 0.2) is 36.4 Å². The second-order valence-corrected chi connectivity index (χ2v) is 4.88. The Kier molecular flexibility index (Phi) is 4.31. The number of rotatable bonds is 3. The van der Waals surface area contributed by atoms with Crippen molar-refractivity contribution in [2.75, 3.05) is 7.05 Å². The van der Waals surface area contributed by atoms with E-state index in [1.165, 1.54) is 30.1 Å². The number of carbonyl (C=O) groups excluding carboxylic acids is 1. The van der Waals surface area contributed by atoms with Crippen LogP contribution in [0.25, 0.3) is 0 Å². The molecular formula is C16H14F3NO. The molecule has 0 aliphatic rings. The lowest BCUT2D eigenvalue weighted by Crippen LogP contribution is -2.27. The summed E-state index contributed by atoms with van der Waals surface area (Å²) >= 11 is 0. The van der Waals surface area contributed by atoms with Gasteiger partial charge in [-0.25, -0.2) is 13.2 Å². The highest BCUT2D eigenvalue weighted by atomic mass is 19.1. The fraction of sp³-hybridized carbons (Fsp3) is 0.188. The molecule has 0 N–H and O–H groups in total. The summed E-state index contributed by atoms with van der Waals surface area (Å²) in [4.78, 5) is 13.4. The molecule has 1 amide bonds. The molecule has 2 aromatic carbocycles. The Bertz CT molecular complexity index is 685. The van der Waals surface area contributed by atoms with Gasteiger partial charge in [-0.05, 0) is 25.1 Å². The maximum atomic E-state index is 13.7. The largest absolute Gasteiger partial charge is 0.337 e. The Labute approximate surface area is 120 Å². The number of hydrogen-bond donors (Lipinski definition) is 0. The molecular weight excluding hydrogens is 279 g/mol. The highest BCUT2D eigenvalue weighted by molar-refractivity contribution is 5.94. The molecule has 110 valence electrons. The van der Waals surface area contributed by atoms with Gasteiger partial charge < -0.3 is 4.90 Å². The molecule has 2 nitrogen and oxygen atoms in total. The molecule has 0 heterocycles. The molecule has 0 saturated carbocycles. The molecule has 0 aliphatic carbocycles. The smallest absolute Gasteiger partial charge is 0.256 e. The van der Waals surface area contributed by atoms with Crippen molar-refractivity contribution in [2.45, 2.75) is 13.5 Å². The van der Waals surface area contributed by atoms with E-state index < -0.39 is 23.4 Å². The first-order valence-electron chi connectivity index (χ1n) is 6.34. The quantitative estimate of drug-likeness (QED) is 0.845. The lowest BCUT2D eigenvalue weighted by atomic mass is 10.1. The summed E-state index contributed by atoms with van der Waals surface area (Å²) in [5.74, 6) is -2.61. The van der Waals surface area contributed by atoms with Crippen molar-refractivity contribution < 1.29 is 18.0 Å². The van der Waals surface area contributed by atoms with Crippen LogP contribution in [0.5, 0.6) is 0 Å². The van der Waals surface area contributed by atoms with Crippen LogP contribution in [0.3, 0.4) is 0 Å². The third kappa shape index (κ3) is 3.42. The second kappa shape index (κ2) is 5.99. The Balaban J connectivity index is 2.21. The maximum Gasteiger partial charge on any atom is 0.256 e. The van der Waals surface area contributed by atoms with E-state index in [1.807, 2.05) is 0 Å². The van der Waals surface area contributed by atoms with Gasteiger partial charge in [0.1, 0.15) is 17.5 Å². The van der Waals surface area contributed by atoms with Gasteiger partial charge in [-0.2, -0.15) is 0 Å². The number of nitrogens with zero attached hydrogens (tertiary/aromatic N) is 1. The molecule has 2 rings (SSSR count). The standard InChI is InChI=1S/C16H14F3NO/c1-10-3-6-14(18)13(7-10)16(21)20(2)9-11-4-5-12(17)8-15(11)19/h3-8H,9H2,1-2H3. The van der Waals surface area contributed by atoms with Gasteiger partial charge in [0.15, 0.2) is 0 Å². The van der Waals surface area contributed by atoms with Crippen LogP contribution in [-0.2, 0) is 6.54 Å². The first-order chi connectivity index (χ1) is 9.88. The zero-order chi connectivity index (χ0) is 15.6. The number of hydrogen-bond acceptors (Lipinski definition) is 1. The van der Waals surface area contributed by atoms with Gasteiger partial charge in [0.2, 0.25) is 0 Å². The van der Waals surface area contributed by atoms with Crippen LogP contribution < -0.4 is 0 Å². The predicted molar refractivity (Wildman–Crippen MR) is 73.3 cm³/mol. The van der Waals surface area contributed by atoms with E-state index in [4.69, 9.17) is 0 Å². The third-order valence-electron chi connectivity index (χ3n) is 3.12. The Hall–Kier alpha value is -2.30. The van der Waals surface area contributed by atoms with Gasteiger partial charge in [-0.15, -0.1) is 0 Å². The molecule has 0 fully saturated rings. The van der Waals surface area contributed by atoms with Gasteiger partial charge in [0, 0.05) is 25.2 Å². The van der Waals surface area contributed by atoms with Crippen molar-refractivity contribution in [3.63, 3.8) is 0 Å². The average Bonchev–Trinajstić information content (AvgIpc) is 2.43. The maximum absolute atomic E-state index is 13.7. The number of carbonyl (C=O) groups is 1. The van der Waals surface area contributed by atoms with Gasteiger partial charge in [0.25, 0.3) is 5.91 Å². The summed E-state index contributed by atoms with van der Waals surface area (Å²) in [5, 5.41) is 0. The van der Waals surface area contributed by atoms with Gasteiger partial charge in [-0.1, -0.05) is 17.7 Å². The SMILES string of the molecule is Cc1ccc(F)c(C(=O)N(C)Cc2ccc(F)cc2F)c1. The minimum Gasteiger partial charge on any atom is -0.337 e. The fourth-order valence-electron chi connectivity index (χ4n) is 1.99. The zero-order valence-electron chi connectivity index (χ0n) is 11.7. The van der Waals surface area contributed by atoms with Crippen molar-refractivity contribution in [3.8, 4) is 0 Å². The molecule has 0 aromatic heterocycles. The van der Waals surface area contributed by atoms with Crippen LogP contribution in [0.4, 0.5) is 13.2 Å². The first kappa shape index (κ1) is 15.1. The van der Waals surface area contributed by atoms with Gasteiger partial charge in [0.05, 0.1) is 5.56 Å². The molecule has 0 atom stereocenters. The Morgan fingerprint density at radius 2 is 1.76 bits per heavy atom. The molecule has 0 saturated heterocycles. The van der Waals surface area contributed by atoms with Crippen LogP contribution in [0.1, 0.15) is 21.5 Å². The number of benzene rings is 2. The third-order valence-corrected chi connectivity index (χ3v) is 3.12. The zero-order valence-corrected chi connectivity index (χ0v) is 11.7. The number of aryl methyl sites for hydroxylation is 1. The van der Waals surface area contributed by atoms with E-state index in [0.29, 0.717) is 0 Å². The van der Waals surface area contributed by atoms with Crippen LogP contribution in [0.2, 0.25) is 0 Å². The van der Waals surface area contributed by atoms with Crippen molar-refractivity contribution in [1.82, 2.24) is 4.90 Å². The molecule has 0 unspecified atom stereocenters. The van der Waals surface area contributed by atoms with E-state index in [2.05, 4.69) is 0 Å². The van der Waals surface area contributed by atoms with E-state index in [9.17, 15) is 18.0 Å². The predicted octanol–water partition coefficient (Wildman–Crippen LogP) is 3.68. The molecule has 21 heavy (non-hydrogen) atoms. The summed E-state index contributed by atoms with van der Waals surface area (Å²) in [6.45, 7) is 1.67. The highest BCUT2D eigenvalue weighted by Gasteiger charge is 2.17. The molecule has 0 bridgehead atoms. The summed E-state index contributed by atoms with van der Waals surface area (Å²) in [5.41, 5.74) is 0.849. The molecule has 0 radical (unpaired) electrons. The van der Waals surface area contributed by atoms with Crippen molar-refractivity contribution in [1.29, 1.82) is 0 Å². The Morgan fingerprint density at radius 1 is 1.05 bits per heavy atom. The summed E-state index contributed by atoms with van der Waals surface area (Å²) in [7, 11) is 1.44. The summed E-state index contributed by atoms with van der Waals surface area (Å²) in [6.07, 6.45) is 0. The van der Waals surface area contributed by atoms with E-state index >= 15 is 0 Å².